The molecule has 1 fully saturated rings. The van der Waals surface area contributed by atoms with E-state index in [1.807, 2.05) is 51.7 Å². The molecule has 0 bridgehead atoms. The van der Waals surface area contributed by atoms with Gasteiger partial charge in [-0.05, 0) is 109 Å². The molecule has 9 nitrogen and oxygen atoms in total. The molecular formula is C32H41ClF3N3O6. The third-order valence-electron chi connectivity index (χ3n) is 6.85. The molecule has 1 amide bonds. The van der Waals surface area contributed by atoms with Crippen LogP contribution in [-0.4, -0.2) is 63.0 Å². The number of rotatable bonds is 9. The number of aromatic amines is 1. The molecule has 1 aromatic heterocycles. The molecule has 0 radical (unpaired) electrons. The Kier molecular flexibility index (Phi) is 12.4. The zero-order valence-electron chi connectivity index (χ0n) is 26.2. The molecule has 0 saturated carbocycles. The van der Waals surface area contributed by atoms with Gasteiger partial charge in [0, 0.05) is 18.1 Å². The molecule has 2 N–H and O–H groups in total. The Morgan fingerprint density at radius 2 is 1.71 bits per heavy atom. The molecule has 4 rings (SSSR count). The fraction of sp³-hybridized carbons (Fsp3) is 0.531. The van der Waals surface area contributed by atoms with Crippen LogP contribution in [0.4, 0.5) is 18.0 Å². The van der Waals surface area contributed by atoms with Crippen molar-refractivity contribution in [2.45, 2.75) is 91.2 Å². The number of ether oxygens (including phenoxy) is 3. The van der Waals surface area contributed by atoms with Crippen molar-refractivity contribution < 1.29 is 42.1 Å². The van der Waals surface area contributed by atoms with E-state index >= 15 is 0 Å². The number of hydrogen-bond acceptors (Lipinski definition) is 6. The topological polar surface area (TPSA) is 114 Å². The Hall–Kier alpha value is -3.67. The average molecular weight is 656 g/mol. The van der Waals surface area contributed by atoms with E-state index < -0.39 is 17.7 Å². The molecule has 1 aliphatic rings. The van der Waals surface area contributed by atoms with E-state index in [1.54, 1.807) is 12.1 Å². The number of imidazole rings is 1. The first-order valence-electron chi connectivity index (χ1n) is 14.9. The van der Waals surface area contributed by atoms with Crippen LogP contribution in [0, 0.1) is 5.92 Å². The van der Waals surface area contributed by atoms with Crippen molar-refractivity contribution in [1.82, 2.24) is 14.9 Å². The van der Waals surface area contributed by atoms with Crippen LogP contribution in [0.1, 0.15) is 71.7 Å². The maximum atomic E-state index is 12.3. The van der Waals surface area contributed by atoms with E-state index in [2.05, 4.69) is 17.1 Å². The number of hydrogen-bond donors (Lipinski definition) is 2. The molecule has 2 aromatic carbocycles. The number of carboxylic acids is 1. The summed E-state index contributed by atoms with van der Waals surface area (Å²) >= 11 is 5.97. The number of carbonyl (C=O) groups excluding carboxylic acids is 1. The highest BCUT2D eigenvalue weighted by molar-refractivity contribution is 6.30. The molecule has 1 aliphatic heterocycles. The summed E-state index contributed by atoms with van der Waals surface area (Å²) in [6, 6.07) is 11.5. The maximum Gasteiger partial charge on any atom is 0.490 e. The average Bonchev–Trinajstić information content (AvgIpc) is 3.36. The SMILES string of the molecule is CC(C)Oc1c(CCCC2CCN(C(=O)OC(C)(C)C)CC2)ccc2[nH]c(COc3ccc(Cl)cc3)nc12.O=C(O)C(F)(F)F. The lowest BCUT2D eigenvalue weighted by Crippen LogP contribution is -2.41. The number of aliphatic carboxylic acids is 1. The Labute approximate surface area is 266 Å². The smallest absolute Gasteiger partial charge is 0.488 e. The van der Waals surface area contributed by atoms with Crippen molar-refractivity contribution in [3.63, 3.8) is 0 Å². The summed E-state index contributed by atoms with van der Waals surface area (Å²) in [4.78, 5) is 31.3. The van der Waals surface area contributed by atoms with Gasteiger partial charge in [0.05, 0.1) is 11.6 Å². The van der Waals surface area contributed by atoms with Gasteiger partial charge in [0.2, 0.25) is 0 Å². The molecule has 1 saturated heterocycles. The van der Waals surface area contributed by atoms with Crippen LogP contribution in [0.25, 0.3) is 11.0 Å². The third-order valence-corrected chi connectivity index (χ3v) is 7.10. The lowest BCUT2D eigenvalue weighted by Gasteiger charge is -2.33. The van der Waals surface area contributed by atoms with Crippen LogP contribution < -0.4 is 9.47 Å². The van der Waals surface area contributed by atoms with Gasteiger partial charge >= 0.3 is 18.2 Å². The number of amides is 1. The molecular weight excluding hydrogens is 615 g/mol. The standard InChI is InChI=1S/C30H40ClN3O4.C2HF3O2/c1-20(2)37-28-22(8-6-7-21-15-17-34(18-16-21)29(35)38-30(3,4)5)9-14-25-27(28)33-26(32-25)19-36-24-12-10-23(31)11-13-24;3-2(4,5)1(6)7/h9-14,20-21H,6-8,15-19H2,1-5H3,(H,32,33);(H,6,7). The van der Waals surface area contributed by atoms with E-state index in [1.165, 1.54) is 5.56 Å². The zero-order valence-corrected chi connectivity index (χ0v) is 26.9. The Bertz CT molecular complexity index is 1410. The predicted octanol–water partition coefficient (Wildman–Crippen LogP) is 8.19. The second-order valence-corrected chi connectivity index (χ2v) is 12.6. The number of aryl methyl sites for hydroxylation is 1. The van der Waals surface area contributed by atoms with Crippen molar-refractivity contribution in [3.05, 3.63) is 52.8 Å². The molecule has 13 heteroatoms. The molecule has 0 spiro atoms. The maximum absolute atomic E-state index is 12.3. The van der Waals surface area contributed by atoms with E-state index in [0.29, 0.717) is 17.5 Å². The molecule has 45 heavy (non-hydrogen) atoms. The monoisotopic (exact) mass is 655 g/mol. The minimum absolute atomic E-state index is 0.0435. The first-order valence-corrected chi connectivity index (χ1v) is 15.2. The number of aromatic nitrogens is 2. The summed E-state index contributed by atoms with van der Waals surface area (Å²) in [5.41, 5.74) is 2.50. The van der Waals surface area contributed by atoms with Crippen LogP contribution in [-0.2, 0) is 22.6 Å². The summed E-state index contributed by atoms with van der Waals surface area (Å²) in [6.45, 7) is 11.7. The van der Waals surface area contributed by atoms with Gasteiger partial charge in [0.25, 0.3) is 0 Å². The lowest BCUT2D eigenvalue weighted by molar-refractivity contribution is -0.192. The van der Waals surface area contributed by atoms with Gasteiger partial charge in [-0.1, -0.05) is 17.7 Å². The highest BCUT2D eigenvalue weighted by Gasteiger charge is 2.38. The number of piperidine rings is 1. The van der Waals surface area contributed by atoms with E-state index in [-0.39, 0.29) is 12.2 Å². The summed E-state index contributed by atoms with van der Waals surface area (Å²) in [7, 11) is 0. The summed E-state index contributed by atoms with van der Waals surface area (Å²) in [5, 5.41) is 7.80. The molecule has 0 unspecified atom stereocenters. The van der Waals surface area contributed by atoms with Gasteiger partial charge in [0.15, 0.2) is 5.75 Å². The van der Waals surface area contributed by atoms with Crippen LogP contribution in [0.3, 0.4) is 0 Å². The Balaban J connectivity index is 0.000000707. The van der Waals surface area contributed by atoms with Gasteiger partial charge in [0.1, 0.15) is 29.3 Å². The van der Waals surface area contributed by atoms with E-state index in [4.69, 9.17) is 40.7 Å². The third kappa shape index (κ3) is 11.6. The number of likely N-dealkylation sites (tertiary alicyclic amines) is 1. The number of carboxylic acid groups (broad SMARTS) is 1. The van der Waals surface area contributed by atoms with Gasteiger partial charge in [-0.25, -0.2) is 14.6 Å². The first-order chi connectivity index (χ1) is 21.0. The number of nitrogens with zero attached hydrogens (tertiary/aromatic N) is 2. The predicted molar refractivity (Wildman–Crippen MR) is 165 cm³/mol. The highest BCUT2D eigenvalue weighted by atomic mass is 35.5. The minimum atomic E-state index is -5.08. The second-order valence-electron chi connectivity index (χ2n) is 12.1. The van der Waals surface area contributed by atoms with Crippen molar-refractivity contribution in [2.24, 2.45) is 5.92 Å². The summed E-state index contributed by atoms with van der Waals surface area (Å²) in [5.74, 6) is 0.205. The Morgan fingerprint density at radius 1 is 1.09 bits per heavy atom. The van der Waals surface area contributed by atoms with Crippen LogP contribution in [0.2, 0.25) is 5.02 Å². The molecule has 2 heterocycles. The number of fused-ring (bicyclic) bond motifs is 1. The summed E-state index contributed by atoms with van der Waals surface area (Å²) < 4.78 is 49.4. The van der Waals surface area contributed by atoms with Gasteiger partial charge < -0.3 is 29.2 Å². The van der Waals surface area contributed by atoms with Crippen LogP contribution in [0.15, 0.2) is 36.4 Å². The fourth-order valence-corrected chi connectivity index (χ4v) is 4.90. The van der Waals surface area contributed by atoms with Crippen LogP contribution in [0.5, 0.6) is 11.5 Å². The van der Waals surface area contributed by atoms with Crippen molar-refractivity contribution >= 4 is 34.7 Å². The van der Waals surface area contributed by atoms with Crippen LogP contribution >= 0.6 is 11.6 Å². The molecule has 0 aliphatic carbocycles. The number of H-pyrrole nitrogens is 1. The number of halogens is 4. The van der Waals surface area contributed by atoms with Gasteiger partial charge in [-0.15, -0.1) is 0 Å². The molecule has 0 atom stereocenters. The number of alkyl halides is 3. The highest BCUT2D eigenvalue weighted by Crippen LogP contribution is 2.32. The summed E-state index contributed by atoms with van der Waals surface area (Å²) in [6.07, 6.45) is -0.0868. The minimum Gasteiger partial charge on any atom is -0.488 e. The van der Waals surface area contributed by atoms with Gasteiger partial charge in [-0.3, -0.25) is 0 Å². The van der Waals surface area contributed by atoms with Crippen molar-refractivity contribution in [1.29, 1.82) is 0 Å². The Morgan fingerprint density at radius 3 is 2.27 bits per heavy atom. The second kappa shape index (κ2) is 15.6. The normalized spacial score (nSPS) is 14.2. The molecule has 248 valence electrons. The van der Waals surface area contributed by atoms with Crippen molar-refractivity contribution in [2.75, 3.05) is 13.1 Å². The molecule has 3 aromatic rings. The van der Waals surface area contributed by atoms with Gasteiger partial charge in [-0.2, -0.15) is 13.2 Å². The lowest BCUT2D eigenvalue weighted by atomic mass is 9.90. The fourth-order valence-electron chi connectivity index (χ4n) is 4.77. The van der Waals surface area contributed by atoms with Crippen molar-refractivity contribution in [3.8, 4) is 11.5 Å². The number of nitrogens with one attached hydrogen (secondary N) is 1. The largest absolute Gasteiger partial charge is 0.490 e. The van der Waals surface area contributed by atoms with E-state index in [9.17, 15) is 18.0 Å². The first kappa shape index (κ1) is 35.8. The zero-order chi connectivity index (χ0) is 33.4. The number of carbonyl (C=O) groups is 2. The quantitative estimate of drug-likeness (QED) is 0.239. The number of benzene rings is 2. The van der Waals surface area contributed by atoms with E-state index in [0.717, 1.165) is 73.6 Å².